The Morgan fingerprint density at radius 1 is 1.38 bits per heavy atom. The number of allylic oxidation sites excluding steroid dienone is 1. The van der Waals surface area contributed by atoms with Gasteiger partial charge in [-0.15, -0.1) is 0 Å². The average molecular weight is 246 g/mol. The number of ether oxygens (including phenoxy) is 1. The van der Waals surface area contributed by atoms with E-state index in [1.165, 1.54) is 0 Å². The van der Waals surface area contributed by atoms with Gasteiger partial charge in [0.2, 0.25) is 0 Å². The summed E-state index contributed by atoms with van der Waals surface area (Å²) >= 11 is 0. The zero-order valence-electron chi connectivity index (χ0n) is 10.8. The maximum Gasteiger partial charge on any atom is 0.333 e. The molecule has 0 bridgehead atoms. The topological polar surface area (TPSA) is 44.8 Å². The van der Waals surface area contributed by atoms with Crippen molar-refractivity contribution in [3.63, 3.8) is 0 Å². The molecule has 94 valence electrons. The van der Waals surface area contributed by atoms with Gasteiger partial charge in [0, 0.05) is 25.8 Å². The molecule has 1 unspecified atom stereocenters. The molecule has 0 fully saturated rings. The van der Waals surface area contributed by atoms with E-state index in [2.05, 4.69) is 0 Å². The van der Waals surface area contributed by atoms with Crippen LogP contribution >= 0.6 is 0 Å². The predicted octanol–water partition coefficient (Wildman–Crippen LogP) is 1.79. The summed E-state index contributed by atoms with van der Waals surface area (Å²) in [6.45, 7) is 5.55. The second kappa shape index (κ2) is 8.49. The van der Waals surface area contributed by atoms with Crippen LogP contribution in [0.25, 0.3) is 0 Å². The minimum atomic E-state index is -1.66. The standard InChI is InChI=1S/C11H22O4Si/c1-6-9(3)11(12)15-10(7-2)8-16(13-4)14-5/h6,10,16H,7-8H2,1-5H3. The minimum absolute atomic E-state index is 0.112. The number of hydrogen-bond donors (Lipinski definition) is 0. The van der Waals surface area contributed by atoms with E-state index in [9.17, 15) is 4.79 Å². The summed E-state index contributed by atoms with van der Waals surface area (Å²) in [7, 11) is 1.60. The molecular formula is C11H22O4Si. The number of carbonyl (C=O) groups excluding carboxylic acids is 1. The Morgan fingerprint density at radius 3 is 2.31 bits per heavy atom. The Labute approximate surface area is 99.4 Å². The fourth-order valence-electron chi connectivity index (χ4n) is 1.16. The molecule has 0 saturated heterocycles. The highest BCUT2D eigenvalue weighted by Crippen LogP contribution is 2.11. The summed E-state index contributed by atoms with van der Waals surface area (Å²) in [6.07, 6.45) is 2.41. The van der Waals surface area contributed by atoms with Gasteiger partial charge in [-0.25, -0.2) is 4.79 Å². The Bertz CT molecular complexity index is 236. The van der Waals surface area contributed by atoms with E-state index in [4.69, 9.17) is 13.6 Å². The third kappa shape index (κ3) is 5.44. The van der Waals surface area contributed by atoms with Crippen molar-refractivity contribution in [2.75, 3.05) is 14.2 Å². The van der Waals surface area contributed by atoms with E-state index < -0.39 is 9.28 Å². The van der Waals surface area contributed by atoms with Crippen molar-refractivity contribution in [1.29, 1.82) is 0 Å². The quantitative estimate of drug-likeness (QED) is 0.390. The van der Waals surface area contributed by atoms with Crippen molar-refractivity contribution >= 4 is 15.3 Å². The van der Waals surface area contributed by atoms with Crippen LogP contribution in [-0.2, 0) is 18.4 Å². The van der Waals surface area contributed by atoms with Gasteiger partial charge in [0.25, 0.3) is 0 Å². The van der Waals surface area contributed by atoms with Gasteiger partial charge in [0.15, 0.2) is 0 Å². The molecule has 0 aliphatic heterocycles. The molecule has 0 aromatic heterocycles. The molecule has 1 atom stereocenters. The molecule has 0 aromatic carbocycles. The Kier molecular flexibility index (Phi) is 8.15. The molecule has 0 radical (unpaired) electrons. The SMILES string of the molecule is CC=C(C)C(=O)OC(CC)C[SiH](OC)OC. The molecule has 0 N–H and O–H groups in total. The van der Waals surface area contributed by atoms with Crippen molar-refractivity contribution < 1.29 is 18.4 Å². The Balaban J connectivity index is 4.24. The van der Waals surface area contributed by atoms with Crippen molar-refractivity contribution in [3.8, 4) is 0 Å². The molecule has 0 aromatic rings. The normalized spacial score (nSPS) is 14.0. The lowest BCUT2D eigenvalue weighted by Crippen LogP contribution is -2.28. The number of carbonyl (C=O) groups is 1. The molecule has 0 aliphatic carbocycles. The van der Waals surface area contributed by atoms with E-state index in [1.807, 2.05) is 13.8 Å². The highest BCUT2D eigenvalue weighted by atomic mass is 28.3. The first-order valence-electron chi connectivity index (χ1n) is 5.48. The lowest BCUT2D eigenvalue weighted by Gasteiger charge is -2.19. The fourth-order valence-corrected chi connectivity index (χ4v) is 2.60. The Hall–Kier alpha value is -0.653. The average Bonchev–Trinajstić information content (AvgIpc) is 2.32. The summed E-state index contributed by atoms with van der Waals surface area (Å²) in [5, 5.41) is 0. The van der Waals surface area contributed by atoms with Gasteiger partial charge in [-0.3, -0.25) is 0 Å². The zero-order valence-corrected chi connectivity index (χ0v) is 11.9. The van der Waals surface area contributed by atoms with E-state index >= 15 is 0 Å². The molecule has 0 amide bonds. The third-order valence-electron chi connectivity index (χ3n) is 2.47. The van der Waals surface area contributed by atoms with Crippen LogP contribution in [0.3, 0.4) is 0 Å². The molecule has 0 heterocycles. The van der Waals surface area contributed by atoms with Crippen LogP contribution < -0.4 is 0 Å². The van der Waals surface area contributed by atoms with Gasteiger partial charge in [-0.1, -0.05) is 13.0 Å². The van der Waals surface area contributed by atoms with Crippen LogP contribution in [0.1, 0.15) is 27.2 Å². The van der Waals surface area contributed by atoms with Crippen LogP contribution in [0.4, 0.5) is 0 Å². The number of rotatable bonds is 7. The minimum Gasteiger partial charge on any atom is -0.459 e. The molecule has 0 aliphatic rings. The first kappa shape index (κ1) is 15.3. The molecular weight excluding hydrogens is 224 g/mol. The van der Waals surface area contributed by atoms with Gasteiger partial charge in [0.05, 0.1) is 0 Å². The van der Waals surface area contributed by atoms with Gasteiger partial charge >= 0.3 is 15.3 Å². The monoisotopic (exact) mass is 246 g/mol. The van der Waals surface area contributed by atoms with Gasteiger partial charge in [-0.05, 0) is 20.3 Å². The first-order valence-corrected chi connectivity index (χ1v) is 7.24. The van der Waals surface area contributed by atoms with Crippen molar-refractivity contribution in [2.45, 2.75) is 39.3 Å². The van der Waals surface area contributed by atoms with E-state index in [1.54, 1.807) is 27.2 Å². The number of esters is 1. The van der Waals surface area contributed by atoms with Crippen molar-refractivity contribution in [1.82, 2.24) is 0 Å². The second-order valence-corrected chi connectivity index (χ2v) is 5.82. The van der Waals surface area contributed by atoms with Crippen LogP contribution in [0.2, 0.25) is 6.04 Å². The van der Waals surface area contributed by atoms with Crippen LogP contribution in [0.15, 0.2) is 11.6 Å². The molecule has 4 nitrogen and oxygen atoms in total. The van der Waals surface area contributed by atoms with E-state index in [0.29, 0.717) is 11.6 Å². The highest BCUT2D eigenvalue weighted by Gasteiger charge is 2.20. The highest BCUT2D eigenvalue weighted by molar-refractivity contribution is 6.44. The van der Waals surface area contributed by atoms with E-state index in [0.717, 1.165) is 6.42 Å². The fraction of sp³-hybridized carbons (Fsp3) is 0.727. The molecule has 0 rings (SSSR count). The lowest BCUT2D eigenvalue weighted by atomic mass is 10.3. The molecule has 5 heteroatoms. The van der Waals surface area contributed by atoms with Crippen LogP contribution in [-0.4, -0.2) is 35.6 Å². The molecule has 0 spiro atoms. The Morgan fingerprint density at radius 2 is 1.94 bits per heavy atom. The summed E-state index contributed by atoms with van der Waals surface area (Å²) in [6, 6.07) is 0.687. The number of hydrogen-bond acceptors (Lipinski definition) is 4. The van der Waals surface area contributed by atoms with Gasteiger partial charge < -0.3 is 13.6 Å². The summed E-state index contributed by atoms with van der Waals surface area (Å²) in [4.78, 5) is 11.5. The maximum atomic E-state index is 11.5. The summed E-state index contributed by atoms with van der Waals surface area (Å²) in [5.74, 6) is -0.255. The molecule has 16 heavy (non-hydrogen) atoms. The van der Waals surface area contributed by atoms with Gasteiger partial charge in [0.1, 0.15) is 6.10 Å². The third-order valence-corrected chi connectivity index (χ3v) is 4.43. The second-order valence-electron chi connectivity index (χ2n) is 3.54. The predicted molar refractivity (Wildman–Crippen MR) is 65.6 cm³/mol. The largest absolute Gasteiger partial charge is 0.459 e. The van der Waals surface area contributed by atoms with Crippen molar-refractivity contribution in [2.24, 2.45) is 0 Å². The van der Waals surface area contributed by atoms with Crippen molar-refractivity contribution in [3.05, 3.63) is 11.6 Å². The van der Waals surface area contributed by atoms with Gasteiger partial charge in [-0.2, -0.15) is 0 Å². The summed E-state index contributed by atoms with van der Waals surface area (Å²) in [5.41, 5.74) is 0.631. The maximum absolute atomic E-state index is 11.5. The molecule has 0 saturated carbocycles. The zero-order chi connectivity index (χ0) is 12.6. The smallest absolute Gasteiger partial charge is 0.333 e. The van der Waals surface area contributed by atoms with Crippen LogP contribution in [0, 0.1) is 0 Å². The first-order chi connectivity index (χ1) is 7.58. The summed E-state index contributed by atoms with van der Waals surface area (Å²) < 4.78 is 15.8. The van der Waals surface area contributed by atoms with E-state index in [-0.39, 0.29) is 12.1 Å². The lowest BCUT2D eigenvalue weighted by molar-refractivity contribution is -0.143. The van der Waals surface area contributed by atoms with Crippen LogP contribution in [0.5, 0.6) is 0 Å².